The van der Waals surface area contributed by atoms with Crippen molar-refractivity contribution in [2.45, 2.75) is 19.6 Å². The molecule has 7 nitrogen and oxygen atoms in total. The Hall–Kier alpha value is -15.7. The lowest BCUT2D eigenvalue weighted by molar-refractivity contribution is 0.669. The molecule has 0 aliphatic heterocycles. The summed E-state index contributed by atoms with van der Waals surface area (Å²) in [5.41, 5.74) is 25.4. The minimum atomic E-state index is -1.43. The molecular formula is C115H82N4O3Si. The van der Waals surface area contributed by atoms with E-state index in [1.54, 1.807) is 0 Å². The van der Waals surface area contributed by atoms with E-state index in [2.05, 4.69) is 470 Å². The quantitative estimate of drug-likeness (QED) is 0.0706. The second kappa shape index (κ2) is 30.9. The third-order valence-corrected chi connectivity index (χ3v) is 26.3. The molecule has 0 unspecified atom stereocenters. The van der Waals surface area contributed by atoms with E-state index >= 15 is 0 Å². The molecule has 23 rings (SSSR count). The van der Waals surface area contributed by atoms with Crippen LogP contribution in [-0.4, -0.2) is 8.07 Å². The summed E-state index contributed by atoms with van der Waals surface area (Å²) in [5.74, 6) is 0. The topological polar surface area (TPSA) is 52.4 Å². The number of para-hydroxylation sites is 7. The van der Waals surface area contributed by atoms with E-state index in [-0.39, 0.29) is 0 Å². The summed E-state index contributed by atoms with van der Waals surface area (Å²) in [6.45, 7) is 7.19. The van der Waals surface area contributed by atoms with Crippen molar-refractivity contribution >= 4 is 190 Å². The molecule has 0 spiro atoms. The van der Waals surface area contributed by atoms with E-state index in [0.717, 1.165) is 167 Å². The molecule has 23 aromatic rings. The smallest absolute Gasteiger partial charge is 0.143 e. The predicted molar refractivity (Wildman–Crippen MR) is 523 cm³/mol. The minimum Gasteiger partial charge on any atom is -0.456 e. The number of fused-ring (bicyclic) bond motifs is 19. The third kappa shape index (κ3) is 13.4. The first-order chi connectivity index (χ1) is 60.6. The zero-order valence-electron chi connectivity index (χ0n) is 68.2. The van der Waals surface area contributed by atoms with Crippen LogP contribution in [0.4, 0.5) is 68.2 Å². The van der Waals surface area contributed by atoms with Crippen LogP contribution in [0, 0.1) is 0 Å². The van der Waals surface area contributed by atoms with E-state index in [9.17, 15) is 0 Å². The molecule has 0 aliphatic carbocycles. The predicted octanol–water partition coefficient (Wildman–Crippen LogP) is 33.1. The number of benzene rings is 20. The highest BCUT2D eigenvalue weighted by Crippen LogP contribution is 2.50. The van der Waals surface area contributed by atoms with E-state index in [4.69, 9.17) is 13.3 Å². The molecule has 0 amide bonds. The number of nitrogens with zero attached hydrogens (tertiary/aromatic N) is 4. The number of rotatable bonds is 16. The minimum absolute atomic E-state index is 0.846. The second-order valence-electron chi connectivity index (χ2n) is 32.7. The van der Waals surface area contributed by atoms with E-state index in [0.29, 0.717) is 0 Å². The molecule has 3 heterocycles. The van der Waals surface area contributed by atoms with Crippen LogP contribution < -0.4 is 24.8 Å². The Morgan fingerprint density at radius 3 is 0.976 bits per heavy atom. The number of furan rings is 3. The maximum absolute atomic E-state index is 7.00. The van der Waals surface area contributed by atoms with Crippen LogP contribution in [0.2, 0.25) is 19.6 Å². The van der Waals surface area contributed by atoms with Gasteiger partial charge in [0.05, 0.1) is 13.8 Å². The maximum Gasteiger partial charge on any atom is 0.143 e. The highest BCUT2D eigenvalue weighted by Gasteiger charge is 2.26. The van der Waals surface area contributed by atoms with Crippen molar-refractivity contribution < 1.29 is 13.3 Å². The molecule has 0 fully saturated rings. The van der Waals surface area contributed by atoms with E-state index < -0.39 is 8.07 Å². The number of hydrogen-bond donors (Lipinski definition) is 0. The summed E-state index contributed by atoms with van der Waals surface area (Å²) < 4.78 is 20.1. The first-order valence-corrected chi connectivity index (χ1v) is 45.6. The molecule has 123 heavy (non-hydrogen) atoms. The van der Waals surface area contributed by atoms with Crippen LogP contribution in [0.25, 0.3) is 142 Å². The van der Waals surface area contributed by atoms with Gasteiger partial charge in [-0.25, -0.2) is 0 Å². The molecule has 20 aromatic carbocycles. The Kier molecular flexibility index (Phi) is 18.5. The molecule has 0 bridgehead atoms. The van der Waals surface area contributed by atoms with Gasteiger partial charge < -0.3 is 32.9 Å². The van der Waals surface area contributed by atoms with Gasteiger partial charge in [0.25, 0.3) is 0 Å². The van der Waals surface area contributed by atoms with Gasteiger partial charge in [0, 0.05) is 123 Å². The fourth-order valence-electron chi connectivity index (χ4n) is 18.3. The van der Waals surface area contributed by atoms with Crippen molar-refractivity contribution in [2.75, 3.05) is 19.6 Å². The zero-order valence-corrected chi connectivity index (χ0v) is 69.2. The van der Waals surface area contributed by atoms with Gasteiger partial charge in [-0.3, -0.25) is 0 Å². The fourth-order valence-corrected chi connectivity index (χ4v) is 19.4. The van der Waals surface area contributed by atoms with Crippen LogP contribution >= 0.6 is 0 Å². The lowest BCUT2D eigenvalue weighted by Gasteiger charge is -2.28. The molecule has 3 aromatic heterocycles. The SMILES string of the molecule is C[Si](C)(C)c1ccc(N(c2ccccc2)c2ccc(-c3ccc4c(c3)c3ccccc3c3c5ccc(N(c6ccccc6)c6ccc7oc8ccccc8c7c6)cc5oc43)cc2)cc1.c1ccc(-c2ccccc2N(c2ccccc2)c2ccc(-c3ccc4c(c3)c3ccccc3c3c5ccc(N(c6ccccc6)c6ccccc6)cc5oc43)cc2)cc1. The lowest BCUT2D eigenvalue weighted by atomic mass is 9.94. The number of hydrogen-bond acceptors (Lipinski definition) is 7. The summed E-state index contributed by atoms with van der Waals surface area (Å²) in [7, 11) is -1.43. The molecule has 0 radical (unpaired) electrons. The van der Waals surface area contributed by atoms with Gasteiger partial charge in [-0.05, 0) is 236 Å². The number of anilines is 12. The van der Waals surface area contributed by atoms with Crippen molar-refractivity contribution in [1.82, 2.24) is 0 Å². The average molecular weight is 1600 g/mol. The van der Waals surface area contributed by atoms with Crippen molar-refractivity contribution in [3.8, 4) is 33.4 Å². The van der Waals surface area contributed by atoms with Gasteiger partial charge in [0.15, 0.2) is 0 Å². The Balaban J connectivity index is 0.000000147. The van der Waals surface area contributed by atoms with Crippen LogP contribution in [0.1, 0.15) is 0 Å². The van der Waals surface area contributed by atoms with E-state index in [1.807, 2.05) is 12.1 Å². The molecule has 0 N–H and O–H groups in total. The van der Waals surface area contributed by atoms with Crippen LogP contribution in [0.5, 0.6) is 0 Å². The largest absolute Gasteiger partial charge is 0.456 e. The first kappa shape index (κ1) is 73.6. The summed E-state index contributed by atoms with van der Waals surface area (Å²) >= 11 is 0. The van der Waals surface area contributed by atoms with Gasteiger partial charge in [-0.1, -0.05) is 280 Å². The standard InChI is InChI=1S/C59H44N2O2Si.C56H38N2O/c1-64(2,3)47-31-27-44(28-32-47)60(41-14-6-4-7-15-41)43-25-22-39(23-26-43)40-24-33-51-53(36-40)48-18-10-11-20-50(48)58-52-34-29-46(38-57(52)63-59(51)58)61(42-16-8-5-9-17-42)45-30-35-56-54(37-45)49-19-12-13-21-55(49)62-56;1-5-17-40(18-6-1)47-25-15-16-28-53(47)58(44-23-11-4-12-24-44)45-32-29-39(30-33-45)41-31-35-50-52(37-41)48-26-13-14-27-49(48)55-51-36-34-46(38-54(51)59-56(50)55)57(42-19-7-2-8-20-42)43-21-9-3-10-22-43/h4-38H,1-3H3;1-38H. The monoisotopic (exact) mass is 1590 g/mol. The Morgan fingerprint density at radius 1 is 0.179 bits per heavy atom. The molecule has 0 saturated carbocycles. The Bertz CT molecular complexity index is 7850. The van der Waals surface area contributed by atoms with Gasteiger partial charge in [0.1, 0.15) is 33.5 Å². The normalized spacial score (nSPS) is 11.7. The van der Waals surface area contributed by atoms with Gasteiger partial charge >= 0.3 is 0 Å². The van der Waals surface area contributed by atoms with Crippen LogP contribution in [-0.2, 0) is 0 Å². The first-order valence-electron chi connectivity index (χ1n) is 42.1. The second-order valence-corrected chi connectivity index (χ2v) is 37.7. The molecular weight excluding hydrogens is 1510 g/mol. The van der Waals surface area contributed by atoms with Gasteiger partial charge in [-0.15, -0.1) is 0 Å². The molecule has 584 valence electrons. The van der Waals surface area contributed by atoms with Gasteiger partial charge in [-0.2, -0.15) is 0 Å². The van der Waals surface area contributed by atoms with Crippen LogP contribution in [0.3, 0.4) is 0 Å². The maximum atomic E-state index is 7.00. The summed E-state index contributed by atoms with van der Waals surface area (Å²) in [6, 6.07) is 158. The highest BCUT2D eigenvalue weighted by molar-refractivity contribution is 6.88. The third-order valence-electron chi connectivity index (χ3n) is 24.2. The summed E-state index contributed by atoms with van der Waals surface area (Å²) in [6.07, 6.45) is 0. The van der Waals surface area contributed by atoms with Crippen molar-refractivity contribution in [1.29, 1.82) is 0 Å². The zero-order chi connectivity index (χ0) is 82.1. The van der Waals surface area contributed by atoms with Crippen molar-refractivity contribution in [3.05, 3.63) is 443 Å². The molecule has 0 atom stereocenters. The average Bonchev–Trinajstić information content (AvgIpc) is 1.61. The molecule has 8 heteroatoms. The molecule has 0 aliphatic rings. The Labute approximate surface area is 714 Å². The van der Waals surface area contributed by atoms with Gasteiger partial charge in [0.2, 0.25) is 0 Å². The lowest BCUT2D eigenvalue weighted by Crippen LogP contribution is -2.37. The van der Waals surface area contributed by atoms with E-state index in [1.165, 1.54) is 48.6 Å². The van der Waals surface area contributed by atoms with Crippen molar-refractivity contribution in [2.24, 2.45) is 0 Å². The van der Waals surface area contributed by atoms with Crippen LogP contribution in [0.15, 0.2) is 456 Å². The highest BCUT2D eigenvalue weighted by atomic mass is 28.3. The Morgan fingerprint density at radius 2 is 0.504 bits per heavy atom. The fraction of sp³-hybridized carbons (Fsp3) is 0.0261. The molecule has 0 saturated heterocycles. The summed E-state index contributed by atoms with van der Waals surface area (Å²) in [5, 5.41) is 17.5. The van der Waals surface area contributed by atoms with Crippen molar-refractivity contribution in [3.63, 3.8) is 0 Å². The summed E-state index contributed by atoms with van der Waals surface area (Å²) in [4.78, 5) is 9.27.